The molecular weight excluding hydrogens is 216 g/mol. The summed E-state index contributed by atoms with van der Waals surface area (Å²) in [6.07, 6.45) is 29.1. The summed E-state index contributed by atoms with van der Waals surface area (Å²) < 4.78 is 0. The van der Waals surface area contributed by atoms with Gasteiger partial charge in [0.2, 0.25) is 0 Å². The summed E-state index contributed by atoms with van der Waals surface area (Å²) >= 11 is 0. The van der Waals surface area contributed by atoms with Gasteiger partial charge in [-0.25, -0.2) is 0 Å². The van der Waals surface area contributed by atoms with Crippen LogP contribution in [0.3, 0.4) is 0 Å². The predicted molar refractivity (Wildman–Crippen MR) is 83.2 cm³/mol. The molecule has 0 saturated carbocycles. The highest BCUT2D eigenvalue weighted by atomic mass is 13.8. The van der Waals surface area contributed by atoms with Crippen LogP contribution in [0.1, 0.15) is 26.2 Å². The molecule has 0 aliphatic carbocycles. The topological polar surface area (TPSA) is 0 Å². The molecule has 0 amide bonds. The molecule has 0 bridgehead atoms. The molecule has 0 aromatic rings. The Morgan fingerprint density at radius 3 is 1.56 bits per heavy atom. The van der Waals surface area contributed by atoms with Gasteiger partial charge in [0.25, 0.3) is 0 Å². The van der Waals surface area contributed by atoms with Crippen LogP contribution in [0.4, 0.5) is 0 Å². The van der Waals surface area contributed by atoms with Crippen LogP contribution in [0.5, 0.6) is 0 Å². The van der Waals surface area contributed by atoms with E-state index >= 15 is 0 Å². The van der Waals surface area contributed by atoms with E-state index in [0.29, 0.717) is 0 Å². The third-order valence-corrected chi connectivity index (χ3v) is 2.08. The molecule has 0 aliphatic heterocycles. The lowest BCUT2D eigenvalue weighted by molar-refractivity contribution is 0.815. The summed E-state index contributed by atoms with van der Waals surface area (Å²) in [7, 11) is 0. The van der Waals surface area contributed by atoms with Gasteiger partial charge in [-0.15, -0.1) is 0 Å². The number of unbranched alkanes of at least 4 members (excludes halogenated alkanes) is 2. The van der Waals surface area contributed by atoms with Crippen molar-refractivity contribution in [2.24, 2.45) is 0 Å². The lowest BCUT2D eigenvalue weighted by atomic mass is 10.2. The molecule has 0 fully saturated rings. The van der Waals surface area contributed by atoms with Gasteiger partial charge in [0.05, 0.1) is 0 Å². The van der Waals surface area contributed by atoms with E-state index in [-0.39, 0.29) is 0 Å². The van der Waals surface area contributed by atoms with Gasteiger partial charge in [-0.1, -0.05) is 105 Å². The van der Waals surface area contributed by atoms with E-state index in [1.54, 1.807) is 6.08 Å². The van der Waals surface area contributed by atoms with Gasteiger partial charge in [0, 0.05) is 0 Å². The molecule has 0 aliphatic rings. The highest BCUT2D eigenvalue weighted by molar-refractivity contribution is 5.20. The number of allylic oxidation sites excluding steroid dienone is 13. The van der Waals surface area contributed by atoms with Crippen molar-refractivity contribution < 1.29 is 0 Å². The van der Waals surface area contributed by atoms with Crippen molar-refractivity contribution in [2.75, 3.05) is 0 Å². The van der Waals surface area contributed by atoms with Gasteiger partial charge in [0.1, 0.15) is 0 Å². The Bertz CT molecular complexity index is 346. The molecule has 18 heavy (non-hydrogen) atoms. The average molecular weight is 239 g/mol. The van der Waals surface area contributed by atoms with Crippen molar-refractivity contribution in [3.05, 3.63) is 85.6 Å². The van der Waals surface area contributed by atoms with E-state index < -0.39 is 0 Å². The molecule has 0 heterocycles. The van der Waals surface area contributed by atoms with Crippen LogP contribution in [-0.4, -0.2) is 0 Å². The van der Waals surface area contributed by atoms with Crippen molar-refractivity contribution in [3.8, 4) is 0 Å². The quantitative estimate of drug-likeness (QED) is 0.368. The maximum absolute atomic E-state index is 5.19. The van der Waals surface area contributed by atoms with Crippen LogP contribution in [0.15, 0.2) is 79.0 Å². The smallest absolute Gasteiger partial charge is 0.0348 e. The molecule has 0 rings (SSSR count). The second kappa shape index (κ2) is 15.2. The van der Waals surface area contributed by atoms with Crippen molar-refractivity contribution >= 4 is 0 Å². The minimum atomic E-state index is 1.17. The second-order valence-corrected chi connectivity index (χ2v) is 3.69. The van der Waals surface area contributed by atoms with Gasteiger partial charge in [0.15, 0.2) is 0 Å². The van der Waals surface area contributed by atoms with Crippen molar-refractivity contribution in [2.45, 2.75) is 26.2 Å². The summed E-state index contributed by atoms with van der Waals surface area (Å²) in [5.41, 5.74) is 0. The standard InChI is InChI=1S/C18H23/c1-3-5-7-9-11-13-15-17-18-16-14-12-10-8-6-4-2/h1,3,5,7,9-18H,4,6,8H2,2H3. The van der Waals surface area contributed by atoms with Gasteiger partial charge in [-0.05, 0) is 6.42 Å². The monoisotopic (exact) mass is 239 g/mol. The first kappa shape index (κ1) is 16.2. The Morgan fingerprint density at radius 1 is 0.667 bits per heavy atom. The Hall–Kier alpha value is -1.82. The molecule has 0 N–H and O–H groups in total. The number of hydrogen-bond acceptors (Lipinski definition) is 0. The highest BCUT2D eigenvalue weighted by Crippen LogP contribution is 1.94. The lowest BCUT2D eigenvalue weighted by Crippen LogP contribution is -1.64. The Labute approximate surface area is 112 Å². The highest BCUT2D eigenvalue weighted by Gasteiger charge is 1.74. The van der Waals surface area contributed by atoms with Crippen molar-refractivity contribution in [3.63, 3.8) is 0 Å². The fourth-order valence-electron chi connectivity index (χ4n) is 1.14. The van der Waals surface area contributed by atoms with E-state index in [2.05, 4.69) is 25.2 Å². The van der Waals surface area contributed by atoms with E-state index in [1.807, 2.05) is 48.6 Å². The third-order valence-electron chi connectivity index (χ3n) is 2.08. The Morgan fingerprint density at radius 2 is 1.11 bits per heavy atom. The molecule has 0 saturated heterocycles. The zero-order valence-corrected chi connectivity index (χ0v) is 11.2. The van der Waals surface area contributed by atoms with Crippen LogP contribution in [0.2, 0.25) is 0 Å². The Balaban J connectivity index is 3.69. The fourth-order valence-corrected chi connectivity index (χ4v) is 1.14. The summed E-state index contributed by atoms with van der Waals surface area (Å²) in [5.74, 6) is 0. The van der Waals surface area contributed by atoms with Crippen LogP contribution < -0.4 is 0 Å². The fraction of sp³-hybridized carbons (Fsp3) is 0.222. The molecule has 95 valence electrons. The van der Waals surface area contributed by atoms with E-state index in [4.69, 9.17) is 6.58 Å². The molecule has 0 aromatic heterocycles. The van der Waals surface area contributed by atoms with Crippen LogP contribution in [0.25, 0.3) is 0 Å². The number of hydrogen-bond donors (Lipinski definition) is 0. The van der Waals surface area contributed by atoms with Crippen molar-refractivity contribution in [1.29, 1.82) is 0 Å². The molecule has 0 unspecified atom stereocenters. The van der Waals surface area contributed by atoms with E-state index in [9.17, 15) is 0 Å². The molecule has 0 aromatic carbocycles. The summed E-state index contributed by atoms with van der Waals surface area (Å²) in [6.45, 7) is 7.39. The third kappa shape index (κ3) is 14.2. The maximum Gasteiger partial charge on any atom is -0.0348 e. The van der Waals surface area contributed by atoms with Crippen LogP contribution in [0, 0.1) is 6.58 Å². The van der Waals surface area contributed by atoms with Gasteiger partial charge >= 0.3 is 0 Å². The molecule has 1 radical (unpaired) electrons. The van der Waals surface area contributed by atoms with Crippen LogP contribution >= 0.6 is 0 Å². The maximum atomic E-state index is 5.19. The van der Waals surface area contributed by atoms with Gasteiger partial charge in [-0.3, -0.25) is 0 Å². The second-order valence-electron chi connectivity index (χ2n) is 3.69. The molecule has 0 heteroatoms. The Kier molecular flexibility index (Phi) is 13.6. The minimum Gasteiger partial charge on any atom is -0.0845 e. The minimum absolute atomic E-state index is 1.17. The summed E-state index contributed by atoms with van der Waals surface area (Å²) in [6, 6.07) is 0. The first-order valence-electron chi connectivity index (χ1n) is 6.45. The molecular formula is C18H23. The molecule has 0 atom stereocenters. The predicted octanol–water partition coefficient (Wildman–Crippen LogP) is 5.50. The first-order chi connectivity index (χ1) is 8.91. The summed E-state index contributed by atoms with van der Waals surface area (Å²) in [4.78, 5) is 0. The van der Waals surface area contributed by atoms with E-state index in [0.717, 1.165) is 0 Å². The molecule has 0 nitrogen and oxygen atoms in total. The normalized spacial score (nSPS) is 13.4. The average Bonchev–Trinajstić information content (AvgIpc) is 2.39. The zero-order chi connectivity index (χ0) is 13.3. The van der Waals surface area contributed by atoms with Crippen molar-refractivity contribution in [1.82, 2.24) is 0 Å². The van der Waals surface area contributed by atoms with Crippen LogP contribution in [-0.2, 0) is 0 Å². The zero-order valence-electron chi connectivity index (χ0n) is 11.2. The lowest BCUT2D eigenvalue weighted by Gasteiger charge is -1.84. The molecule has 0 spiro atoms. The largest absolute Gasteiger partial charge is 0.0845 e. The SMILES string of the molecule is [CH]=CC=CC=CC=CC=CC=CC=CCCCC. The van der Waals surface area contributed by atoms with Gasteiger partial charge < -0.3 is 0 Å². The first-order valence-corrected chi connectivity index (χ1v) is 6.45. The number of rotatable bonds is 9. The van der Waals surface area contributed by atoms with E-state index in [1.165, 1.54) is 25.3 Å². The van der Waals surface area contributed by atoms with Gasteiger partial charge in [-0.2, -0.15) is 0 Å². The summed E-state index contributed by atoms with van der Waals surface area (Å²) in [5, 5.41) is 0.